The molecule has 0 fully saturated rings. The van der Waals surface area contributed by atoms with Gasteiger partial charge in [-0.15, -0.1) is 0 Å². The van der Waals surface area contributed by atoms with Gasteiger partial charge in [0.05, 0.1) is 0 Å². The first-order valence-corrected chi connectivity index (χ1v) is 5.72. The summed E-state index contributed by atoms with van der Waals surface area (Å²) in [4.78, 5) is 15.0. The molecule has 1 aromatic carbocycles. The molecule has 0 unspecified atom stereocenters. The smallest absolute Gasteiger partial charge is 0.339 e. The summed E-state index contributed by atoms with van der Waals surface area (Å²) in [5, 5.41) is 9.66. The van der Waals surface area contributed by atoms with Crippen molar-refractivity contribution in [3.8, 4) is 10.9 Å². The summed E-state index contributed by atoms with van der Waals surface area (Å²) in [5.41, 5.74) is 0.0299. The van der Waals surface area contributed by atoms with E-state index in [1.807, 2.05) is 0 Å². The Balaban J connectivity index is 2.37. The van der Waals surface area contributed by atoms with Gasteiger partial charge in [0.15, 0.2) is 0 Å². The van der Waals surface area contributed by atoms with Crippen LogP contribution in [0.4, 0.5) is 0 Å². The van der Waals surface area contributed by atoms with Gasteiger partial charge in [0, 0.05) is 22.6 Å². The first-order chi connectivity index (χ1) is 8.06. The van der Waals surface area contributed by atoms with Crippen molar-refractivity contribution in [2.75, 3.05) is 0 Å². The number of hydrogen-bond donors (Lipinski definition) is 1. The number of hydrogen-bond acceptors (Lipinski definition) is 5. The maximum atomic E-state index is 11.0. The van der Waals surface area contributed by atoms with Crippen LogP contribution in [0.1, 0.15) is 16.2 Å². The van der Waals surface area contributed by atoms with Crippen molar-refractivity contribution in [1.29, 1.82) is 0 Å². The molecule has 0 spiro atoms. The van der Waals surface area contributed by atoms with Crippen LogP contribution in [0.3, 0.4) is 0 Å². The fourth-order valence-corrected chi connectivity index (χ4v) is 1.88. The number of benzene rings is 1. The summed E-state index contributed by atoms with van der Waals surface area (Å²) in [6.45, 7) is 1.72. The quantitative estimate of drug-likeness (QED) is 0.928. The zero-order valence-corrected chi connectivity index (χ0v) is 10.2. The fourth-order valence-electron chi connectivity index (χ4n) is 1.17. The van der Waals surface area contributed by atoms with E-state index in [9.17, 15) is 4.79 Å². The van der Waals surface area contributed by atoms with Gasteiger partial charge in [0.25, 0.3) is 5.19 Å². The van der Waals surface area contributed by atoms with Crippen molar-refractivity contribution in [3.63, 3.8) is 0 Å². The molecule has 0 bridgehead atoms. The Kier molecular flexibility index (Phi) is 3.26. The average molecular weight is 271 g/mol. The largest absolute Gasteiger partial charge is 0.478 e. The number of aromatic nitrogens is 2. The number of nitrogens with zero attached hydrogens (tertiary/aromatic N) is 2. The molecule has 0 saturated carbocycles. The van der Waals surface area contributed by atoms with Crippen LogP contribution >= 0.6 is 23.1 Å². The number of carbonyl (C=O) groups is 1. The molecule has 17 heavy (non-hydrogen) atoms. The van der Waals surface area contributed by atoms with Crippen molar-refractivity contribution in [1.82, 2.24) is 9.36 Å². The van der Waals surface area contributed by atoms with E-state index in [-0.39, 0.29) is 16.5 Å². The third-order valence-corrected chi connectivity index (χ3v) is 2.80. The normalized spacial score (nSPS) is 10.2. The summed E-state index contributed by atoms with van der Waals surface area (Å²) in [6.07, 6.45) is 0. The lowest BCUT2D eigenvalue weighted by atomic mass is 10.2. The van der Waals surface area contributed by atoms with Crippen LogP contribution in [0.2, 0.25) is 5.02 Å². The molecular weight excluding hydrogens is 264 g/mol. The molecule has 0 radical (unpaired) electrons. The Morgan fingerprint density at radius 2 is 2.29 bits per heavy atom. The zero-order chi connectivity index (χ0) is 12.4. The Morgan fingerprint density at radius 3 is 2.88 bits per heavy atom. The number of ether oxygens (including phenoxy) is 1. The van der Waals surface area contributed by atoms with E-state index in [0.29, 0.717) is 10.8 Å². The number of halogens is 1. The Morgan fingerprint density at radius 1 is 1.53 bits per heavy atom. The van der Waals surface area contributed by atoms with Crippen molar-refractivity contribution in [3.05, 3.63) is 34.6 Å². The van der Waals surface area contributed by atoms with Crippen LogP contribution in [0.25, 0.3) is 0 Å². The predicted octanol–water partition coefficient (Wildman–Crippen LogP) is 2.99. The monoisotopic (exact) mass is 270 g/mol. The van der Waals surface area contributed by atoms with E-state index in [4.69, 9.17) is 21.4 Å². The molecule has 7 heteroatoms. The lowest BCUT2D eigenvalue weighted by molar-refractivity contribution is 0.0694. The topological polar surface area (TPSA) is 72.3 Å². The molecule has 88 valence electrons. The number of aryl methyl sites for hydroxylation is 1. The highest BCUT2D eigenvalue weighted by molar-refractivity contribution is 7.07. The second-order valence-electron chi connectivity index (χ2n) is 3.16. The number of carboxylic acid groups (broad SMARTS) is 1. The van der Waals surface area contributed by atoms with Crippen LogP contribution in [0, 0.1) is 6.92 Å². The molecule has 0 aliphatic heterocycles. The molecule has 0 amide bonds. The number of aromatic carboxylic acids is 1. The molecular formula is C10H7ClN2O3S. The van der Waals surface area contributed by atoms with Crippen molar-refractivity contribution < 1.29 is 14.6 Å². The van der Waals surface area contributed by atoms with Crippen LogP contribution in [0.15, 0.2) is 18.2 Å². The Hall–Kier alpha value is -1.66. The van der Waals surface area contributed by atoms with E-state index in [2.05, 4.69) is 9.36 Å². The standard InChI is InChI=1S/C10H7ClN2O3S/c1-5-12-10(17-13-5)16-8-4-6(11)2-3-7(8)9(14)15/h2-4H,1H3,(H,14,15). The summed E-state index contributed by atoms with van der Waals surface area (Å²) in [5.74, 6) is -0.358. The van der Waals surface area contributed by atoms with Gasteiger partial charge < -0.3 is 9.84 Å². The van der Waals surface area contributed by atoms with E-state index < -0.39 is 5.97 Å². The van der Waals surface area contributed by atoms with E-state index in [1.54, 1.807) is 6.92 Å². The molecule has 1 heterocycles. The maximum absolute atomic E-state index is 11.0. The molecule has 2 rings (SSSR count). The van der Waals surface area contributed by atoms with Crippen LogP contribution < -0.4 is 4.74 Å². The summed E-state index contributed by atoms with van der Waals surface area (Å²) >= 11 is 6.84. The SMILES string of the molecule is Cc1nsc(Oc2cc(Cl)ccc2C(=O)O)n1. The highest BCUT2D eigenvalue weighted by Crippen LogP contribution is 2.29. The van der Waals surface area contributed by atoms with Gasteiger partial charge in [-0.25, -0.2) is 4.79 Å². The molecule has 5 nitrogen and oxygen atoms in total. The second-order valence-corrected chi connectivity index (χ2v) is 4.31. The van der Waals surface area contributed by atoms with Crippen molar-refractivity contribution in [2.24, 2.45) is 0 Å². The van der Waals surface area contributed by atoms with Gasteiger partial charge in [-0.2, -0.15) is 9.36 Å². The highest BCUT2D eigenvalue weighted by Gasteiger charge is 2.14. The lowest BCUT2D eigenvalue weighted by Crippen LogP contribution is -1.99. The number of rotatable bonds is 3. The van der Waals surface area contributed by atoms with Gasteiger partial charge in [-0.3, -0.25) is 0 Å². The molecule has 0 saturated heterocycles. The van der Waals surface area contributed by atoms with E-state index in [1.165, 1.54) is 18.2 Å². The summed E-state index contributed by atoms with van der Waals surface area (Å²) in [6, 6.07) is 4.30. The molecule has 0 aliphatic rings. The fraction of sp³-hybridized carbons (Fsp3) is 0.100. The minimum atomic E-state index is -1.09. The second kappa shape index (κ2) is 4.68. The predicted molar refractivity (Wildman–Crippen MR) is 63.1 cm³/mol. The third-order valence-electron chi connectivity index (χ3n) is 1.88. The van der Waals surface area contributed by atoms with Gasteiger partial charge in [0.1, 0.15) is 17.1 Å². The minimum absolute atomic E-state index is 0.0299. The van der Waals surface area contributed by atoms with Crippen LogP contribution in [-0.4, -0.2) is 20.4 Å². The first kappa shape index (κ1) is 11.8. The molecule has 1 N–H and O–H groups in total. The Bertz CT molecular complexity index is 570. The molecule has 2 aromatic rings. The molecule has 0 atom stereocenters. The van der Waals surface area contributed by atoms with Gasteiger partial charge >= 0.3 is 5.97 Å². The Labute approximate surface area is 106 Å². The molecule has 1 aromatic heterocycles. The number of carboxylic acids is 1. The summed E-state index contributed by atoms with van der Waals surface area (Å²) in [7, 11) is 0. The minimum Gasteiger partial charge on any atom is -0.478 e. The van der Waals surface area contributed by atoms with Crippen LogP contribution in [0.5, 0.6) is 10.9 Å². The van der Waals surface area contributed by atoms with Gasteiger partial charge in [-0.1, -0.05) is 11.6 Å². The maximum Gasteiger partial charge on any atom is 0.339 e. The lowest BCUT2D eigenvalue weighted by Gasteiger charge is -2.05. The average Bonchev–Trinajstić information content (AvgIpc) is 2.63. The van der Waals surface area contributed by atoms with E-state index in [0.717, 1.165) is 11.5 Å². The first-order valence-electron chi connectivity index (χ1n) is 4.57. The van der Waals surface area contributed by atoms with Gasteiger partial charge in [0.2, 0.25) is 0 Å². The molecule has 0 aliphatic carbocycles. The zero-order valence-electron chi connectivity index (χ0n) is 8.68. The third kappa shape index (κ3) is 2.72. The van der Waals surface area contributed by atoms with Crippen molar-refractivity contribution in [2.45, 2.75) is 6.92 Å². The van der Waals surface area contributed by atoms with Crippen molar-refractivity contribution >= 4 is 29.1 Å². The highest BCUT2D eigenvalue weighted by atomic mass is 35.5. The summed E-state index contributed by atoms with van der Waals surface area (Å²) < 4.78 is 9.29. The van der Waals surface area contributed by atoms with Crippen LogP contribution in [-0.2, 0) is 0 Å². The van der Waals surface area contributed by atoms with E-state index >= 15 is 0 Å². The van der Waals surface area contributed by atoms with Gasteiger partial charge in [-0.05, 0) is 19.1 Å².